The molecule has 2 aromatic carbocycles. The van der Waals surface area contributed by atoms with E-state index in [0.29, 0.717) is 15.4 Å². The Bertz CT molecular complexity index is 915. The summed E-state index contributed by atoms with van der Waals surface area (Å²) in [6.45, 7) is -0.691. The molecule has 0 bridgehead atoms. The molecule has 8 nitrogen and oxygen atoms in total. The molecule has 0 unspecified atom stereocenters. The summed E-state index contributed by atoms with van der Waals surface area (Å²) in [6.07, 6.45) is 0. The Kier molecular flexibility index (Phi) is 2.90. The second-order valence-corrected chi connectivity index (χ2v) is 6.47. The number of anilines is 2. The number of carbonyl (C=O) groups is 1. The number of fused-ring (bicyclic) bond motifs is 1. The first-order chi connectivity index (χ1) is 10.2. The molecule has 2 aromatic rings. The Morgan fingerprint density at radius 3 is 2.55 bits per heavy atom. The van der Waals surface area contributed by atoms with Gasteiger partial charge in [0.15, 0.2) is 5.82 Å². The lowest BCUT2D eigenvalue weighted by atomic mass is 10.1. The number of halogens is 1. The van der Waals surface area contributed by atoms with Crippen LogP contribution in [0.25, 0.3) is 10.8 Å². The third-order valence-electron chi connectivity index (χ3n) is 3.36. The smallest absolute Gasteiger partial charge is 0.343 e. The van der Waals surface area contributed by atoms with Crippen molar-refractivity contribution in [2.45, 2.75) is 0 Å². The van der Waals surface area contributed by atoms with Gasteiger partial charge in [0.1, 0.15) is 18.0 Å². The Morgan fingerprint density at radius 2 is 1.95 bits per heavy atom. The van der Waals surface area contributed by atoms with Crippen molar-refractivity contribution in [2.24, 2.45) is 5.84 Å². The maximum absolute atomic E-state index is 14.6. The van der Waals surface area contributed by atoms with E-state index in [9.17, 15) is 22.7 Å². The molecule has 0 radical (unpaired) electrons. The van der Waals surface area contributed by atoms with Crippen LogP contribution in [-0.4, -0.2) is 30.4 Å². The van der Waals surface area contributed by atoms with Crippen molar-refractivity contribution in [3.8, 4) is 5.75 Å². The van der Waals surface area contributed by atoms with Crippen molar-refractivity contribution >= 4 is 38.3 Å². The molecule has 3 rings (SSSR count). The number of nitrogens with two attached hydrogens (primary N) is 2. The van der Waals surface area contributed by atoms with Gasteiger partial charge in [0.25, 0.3) is 5.91 Å². The van der Waals surface area contributed by atoms with Crippen molar-refractivity contribution in [2.75, 3.05) is 16.6 Å². The number of hydrogen-bond donors (Lipinski definition) is 3. The molecule has 10 heteroatoms. The predicted octanol–water partition coefficient (Wildman–Crippen LogP) is 0.0338. The first-order valence-corrected chi connectivity index (χ1v) is 7.44. The zero-order valence-electron chi connectivity index (χ0n) is 11.0. The van der Waals surface area contributed by atoms with Crippen molar-refractivity contribution in [1.82, 2.24) is 4.41 Å². The summed E-state index contributed by atoms with van der Waals surface area (Å²) in [6, 6.07) is 5.39. The Hall–Kier alpha value is -2.59. The Balaban J connectivity index is 2.29. The number of amides is 1. The van der Waals surface area contributed by atoms with E-state index < -0.39 is 39.9 Å². The summed E-state index contributed by atoms with van der Waals surface area (Å²) < 4.78 is 39.1. The molecule has 22 heavy (non-hydrogen) atoms. The number of hydrogen-bond acceptors (Lipinski definition) is 6. The number of nitrogens with zero attached hydrogens (tertiary/aromatic N) is 2. The van der Waals surface area contributed by atoms with Crippen molar-refractivity contribution in [3.63, 3.8) is 0 Å². The van der Waals surface area contributed by atoms with Crippen molar-refractivity contribution in [3.05, 3.63) is 30.1 Å². The fourth-order valence-corrected chi connectivity index (χ4v) is 3.50. The highest BCUT2D eigenvalue weighted by Crippen LogP contribution is 2.39. The average molecular weight is 326 g/mol. The molecular weight excluding hydrogens is 315 g/mol. The SMILES string of the molecule is Nc1ccc2c(F)c(N3CC(=O)N(N)S3(=O)=O)c(O)cc2c1. The molecule has 116 valence electrons. The number of phenolic OH excluding ortho intramolecular Hbond substituents is 1. The van der Waals surface area contributed by atoms with Crippen LogP contribution in [0.15, 0.2) is 24.3 Å². The van der Waals surface area contributed by atoms with Gasteiger partial charge < -0.3 is 10.8 Å². The number of phenols is 1. The van der Waals surface area contributed by atoms with E-state index in [1.54, 1.807) is 0 Å². The zero-order chi connectivity index (χ0) is 16.2. The summed E-state index contributed by atoms with van der Waals surface area (Å²) in [5.41, 5.74) is 5.32. The lowest BCUT2D eigenvalue weighted by molar-refractivity contribution is -0.124. The van der Waals surface area contributed by atoms with Crippen LogP contribution in [0, 0.1) is 5.82 Å². The average Bonchev–Trinajstić information content (AvgIpc) is 2.62. The van der Waals surface area contributed by atoms with Crippen LogP contribution >= 0.6 is 0 Å². The van der Waals surface area contributed by atoms with E-state index in [-0.39, 0.29) is 9.80 Å². The van der Waals surface area contributed by atoms with Crippen molar-refractivity contribution < 1.29 is 22.7 Å². The van der Waals surface area contributed by atoms with Crippen LogP contribution in [0.3, 0.4) is 0 Å². The third kappa shape index (κ3) is 1.84. The van der Waals surface area contributed by atoms with Crippen LogP contribution in [0.2, 0.25) is 0 Å². The lowest BCUT2D eigenvalue weighted by Gasteiger charge is -2.19. The number of aromatic hydroxyl groups is 1. The van der Waals surface area contributed by atoms with Crippen LogP contribution < -0.4 is 15.9 Å². The summed E-state index contributed by atoms with van der Waals surface area (Å²) >= 11 is 0. The molecule has 1 amide bonds. The van der Waals surface area contributed by atoms with Crippen LogP contribution in [0.4, 0.5) is 15.8 Å². The number of nitrogen functional groups attached to an aromatic ring is 1. The highest BCUT2D eigenvalue weighted by Gasteiger charge is 2.43. The molecule has 1 saturated heterocycles. The fourth-order valence-electron chi connectivity index (χ4n) is 2.30. The zero-order valence-corrected chi connectivity index (χ0v) is 11.8. The maximum Gasteiger partial charge on any atom is 0.343 e. The summed E-state index contributed by atoms with van der Waals surface area (Å²) in [4.78, 5) is 11.5. The van der Waals surface area contributed by atoms with Gasteiger partial charge >= 0.3 is 10.2 Å². The number of carbonyl (C=O) groups excluding carboxylic acids is 1. The Morgan fingerprint density at radius 1 is 1.27 bits per heavy atom. The van der Waals surface area contributed by atoms with Crippen LogP contribution in [0.5, 0.6) is 5.75 Å². The molecule has 0 atom stereocenters. The topological polar surface area (TPSA) is 130 Å². The largest absolute Gasteiger partial charge is 0.506 e. The minimum atomic E-state index is -4.42. The summed E-state index contributed by atoms with van der Waals surface area (Å²) in [7, 11) is -4.42. The minimum Gasteiger partial charge on any atom is -0.506 e. The highest BCUT2D eigenvalue weighted by molar-refractivity contribution is 7.91. The molecule has 1 aliphatic heterocycles. The van der Waals surface area contributed by atoms with E-state index in [0.717, 1.165) is 0 Å². The number of benzene rings is 2. The number of hydrazine groups is 1. The molecule has 1 fully saturated rings. The molecule has 5 N–H and O–H groups in total. The van der Waals surface area contributed by atoms with Gasteiger partial charge in [-0.25, -0.2) is 14.5 Å². The molecular formula is C12H11FN4O4S. The van der Waals surface area contributed by atoms with Gasteiger partial charge in [0.05, 0.1) is 0 Å². The van der Waals surface area contributed by atoms with Gasteiger partial charge in [-0.2, -0.15) is 12.8 Å². The fraction of sp³-hybridized carbons (Fsp3) is 0.0833. The minimum absolute atomic E-state index is 0.0130. The predicted molar refractivity (Wildman–Crippen MR) is 77.3 cm³/mol. The summed E-state index contributed by atoms with van der Waals surface area (Å²) in [5, 5.41) is 10.3. The molecule has 0 aliphatic carbocycles. The molecule has 0 saturated carbocycles. The monoisotopic (exact) mass is 326 g/mol. The van der Waals surface area contributed by atoms with Crippen LogP contribution in [-0.2, 0) is 15.0 Å². The van der Waals surface area contributed by atoms with Gasteiger partial charge in [0.2, 0.25) is 0 Å². The maximum atomic E-state index is 14.6. The highest BCUT2D eigenvalue weighted by atomic mass is 32.2. The van der Waals surface area contributed by atoms with Crippen molar-refractivity contribution in [1.29, 1.82) is 0 Å². The molecule has 0 aromatic heterocycles. The van der Waals surface area contributed by atoms with E-state index in [4.69, 9.17) is 11.6 Å². The first kappa shape index (κ1) is 14.4. The lowest BCUT2D eigenvalue weighted by Crippen LogP contribution is -2.39. The van der Waals surface area contributed by atoms with E-state index in [1.807, 2.05) is 0 Å². The van der Waals surface area contributed by atoms with Gasteiger partial charge in [0, 0.05) is 11.1 Å². The summed E-state index contributed by atoms with van der Waals surface area (Å²) in [5.74, 6) is 2.59. The molecule has 1 aliphatic rings. The van der Waals surface area contributed by atoms with E-state index in [2.05, 4.69) is 0 Å². The molecule has 1 heterocycles. The van der Waals surface area contributed by atoms with Crippen LogP contribution in [0.1, 0.15) is 0 Å². The molecule has 0 spiro atoms. The van der Waals surface area contributed by atoms with Gasteiger partial charge in [-0.3, -0.25) is 4.79 Å². The number of rotatable bonds is 1. The second-order valence-electron chi connectivity index (χ2n) is 4.74. The first-order valence-electron chi connectivity index (χ1n) is 6.04. The normalized spacial score (nSPS) is 17.5. The Labute approximate surface area is 124 Å². The van der Waals surface area contributed by atoms with Gasteiger partial charge in [-0.05, 0) is 29.7 Å². The quantitative estimate of drug-likeness (QED) is 0.385. The van der Waals surface area contributed by atoms with E-state index >= 15 is 0 Å². The standard InChI is InChI=1S/C12H11FN4O4S/c13-11-8-2-1-7(14)3-6(8)4-9(18)12(11)16-5-10(19)17(15)22(16,20)21/h1-4,18H,5,14-15H2. The third-order valence-corrected chi connectivity index (χ3v) is 4.93. The second kappa shape index (κ2) is 4.45. The van der Waals surface area contributed by atoms with E-state index in [1.165, 1.54) is 24.3 Å². The van der Waals surface area contributed by atoms with Gasteiger partial charge in [-0.1, -0.05) is 0 Å². The van der Waals surface area contributed by atoms with Gasteiger partial charge in [-0.15, -0.1) is 0 Å².